The maximum Gasteiger partial charge on any atom is 0.191 e. The van der Waals surface area contributed by atoms with Crippen LogP contribution in [0.15, 0.2) is 35.3 Å². The standard InChI is InChI=1S/C24H38N6O.HI/c1-5-25-24(27-17-23-19(2)28-30(20(23)3)14-15-31-4)26-16-22-12-9-13-29(22)18-21-10-7-6-8-11-21;/h6-8,10-11,22H,5,9,12-18H2,1-4H3,(H2,25,26,27);1H. The third kappa shape index (κ3) is 7.45. The van der Waals surface area contributed by atoms with Crippen LogP contribution in [0.4, 0.5) is 0 Å². The number of ether oxygens (including phenoxy) is 1. The third-order valence-corrected chi connectivity index (χ3v) is 6.01. The Hall–Kier alpha value is -1.65. The van der Waals surface area contributed by atoms with Gasteiger partial charge in [0.1, 0.15) is 0 Å². The Morgan fingerprint density at radius 1 is 1.22 bits per heavy atom. The predicted octanol–water partition coefficient (Wildman–Crippen LogP) is 3.48. The minimum absolute atomic E-state index is 0. The molecule has 0 aliphatic carbocycles. The summed E-state index contributed by atoms with van der Waals surface area (Å²) in [5.41, 5.74) is 4.78. The molecule has 0 spiro atoms. The largest absolute Gasteiger partial charge is 0.383 e. The number of aliphatic imine (C=N–C) groups is 1. The first-order valence-electron chi connectivity index (χ1n) is 11.4. The maximum atomic E-state index is 5.19. The van der Waals surface area contributed by atoms with Crippen LogP contribution in [-0.2, 0) is 24.4 Å². The summed E-state index contributed by atoms with van der Waals surface area (Å²) in [5, 5.41) is 11.6. The molecule has 2 N–H and O–H groups in total. The fourth-order valence-electron chi connectivity index (χ4n) is 4.23. The third-order valence-electron chi connectivity index (χ3n) is 6.01. The van der Waals surface area contributed by atoms with Crippen LogP contribution < -0.4 is 10.6 Å². The summed E-state index contributed by atoms with van der Waals surface area (Å²) >= 11 is 0. The normalized spacial score (nSPS) is 16.8. The Labute approximate surface area is 210 Å². The van der Waals surface area contributed by atoms with Gasteiger partial charge in [0.2, 0.25) is 0 Å². The zero-order chi connectivity index (χ0) is 22.1. The Kier molecular flexibility index (Phi) is 11.5. The second-order valence-electron chi connectivity index (χ2n) is 8.19. The van der Waals surface area contributed by atoms with Gasteiger partial charge in [-0.1, -0.05) is 30.3 Å². The SMILES string of the molecule is CCNC(=NCc1c(C)nn(CCOC)c1C)NCC1CCCN1Cc1ccccc1.I. The van der Waals surface area contributed by atoms with Crippen LogP contribution in [0.1, 0.15) is 42.3 Å². The highest BCUT2D eigenvalue weighted by atomic mass is 127. The van der Waals surface area contributed by atoms with Gasteiger partial charge >= 0.3 is 0 Å². The van der Waals surface area contributed by atoms with Crippen LogP contribution in [0.25, 0.3) is 0 Å². The van der Waals surface area contributed by atoms with Crippen molar-refractivity contribution >= 4 is 29.9 Å². The lowest BCUT2D eigenvalue weighted by Crippen LogP contribution is -2.44. The molecule has 2 aromatic rings. The number of guanidine groups is 1. The molecular weight excluding hydrogens is 515 g/mol. The number of aromatic nitrogens is 2. The molecule has 7 nitrogen and oxygen atoms in total. The number of aryl methyl sites for hydroxylation is 1. The van der Waals surface area contributed by atoms with Crippen molar-refractivity contribution in [2.45, 2.75) is 59.3 Å². The van der Waals surface area contributed by atoms with E-state index in [1.54, 1.807) is 7.11 Å². The molecule has 0 radical (unpaired) electrons. The van der Waals surface area contributed by atoms with Crippen molar-refractivity contribution in [3.63, 3.8) is 0 Å². The first-order valence-corrected chi connectivity index (χ1v) is 11.4. The first kappa shape index (κ1) is 26.6. The van der Waals surface area contributed by atoms with Gasteiger partial charge in [-0.25, -0.2) is 4.99 Å². The van der Waals surface area contributed by atoms with E-state index in [-0.39, 0.29) is 24.0 Å². The zero-order valence-electron chi connectivity index (χ0n) is 19.9. The molecule has 1 aliphatic rings. The summed E-state index contributed by atoms with van der Waals surface area (Å²) in [7, 11) is 1.72. The van der Waals surface area contributed by atoms with Crippen molar-refractivity contribution in [2.75, 3.05) is 33.4 Å². The molecule has 3 rings (SSSR count). The molecular formula is C24H39IN6O. The van der Waals surface area contributed by atoms with Crippen LogP contribution in [0.5, 0.6) is 0 Å². The molecule has 0 bridgehead atoms. The first-order chi connectivity index (χ1) is 15.1. The van der Waals surface area contributed by atoms with E-state index in [4.69, 9.17) is 9.73 Å². The number of nitrogens with zero attached hydrogens (tertiary/aromatic N) is 4. The molecule has 8 heteroatoms. The number of methoxy groups -OCH3 is 1. The number of rotatable bonds is 10. The van der Waals surface area contributed by atoms with E-state index in [0.29, 0.717) is 19.2 Å². The van der Waals surface area contributed by atoms with Crippen LogP contribution in [0.2, 0.25) is 0 Å². The monoisotopic (exact) mass is 554 g/mol. The highest BCUT2D eigenvalue weighted by Gasteiger charge is 2.24. The number of halogens is 1. The molecule has 0 amide bonds. The number of nitrogens with one attached hydrogen (secondary N) is 2. The predicted molar refractivity (Wildman–Crippen MR) is 142 cm³/mol. The average molecular weight is 555 g/mol. The van der Waals surface area contributed by atoms with Gasteiger partial charge in [0.25, 0.3) is 0 Å². The van der Waals surface area contributed by atoms with Crippen molar-refractivity contribution in [1.82, 2.24) is 25.3 Å². The molecule has 178 valence electrons. The molecule has 2 heterocycles. The highest BCUT2D eigenvalue weighted by molar-refractivity contribution is 14.0. The minimum Gasteiger partial charge on any atom is -0.383 e. The van der Waals surface area contributed by atoms with Gasteiger partial charge in [-0.2, -0.15) is 5.10 Å². The van der Waals surface area contributed by atoms with E-state index in [0.717, 1.165) is 44.4 Å². The molecule has 1 aliphatic heterocycles. The molecule has 1 atom stereocenters. The molecule has 1 aromatic heterocycles. The van der Waals surface area contributed by atoms with Crippen LogP contribution in [0.3, 0.4) is 0 Å². The Morgan fingerprint density at radius 3 is 2.72 bits per heavy atom. The molecule has 1 aromatic carbocycles. The number of hydrogen-bond acceptors (Lipinski definition) is 4. The van der Waals surface area contributed by atoms with E-state index in [1.807, 2.05) is 4.68 Å². The lowest BCUT2D eigenvalue weighted by molar-refractivity contribution is 0.182. The van der Waals surface area contributed by atoms with E-state index in [9.17, 15) is 0 Å². The summed E-state index contributed by atoms with van der Waals surface area (Å²) in [5.74, 6) is 0.873. The van der Waals surface area contributed by atoms with Gasteiger partial charge in [0.15, 0.2) is 5.96 Å². The summed E-state index contributed by atoms with van der Waals surface area (Å²) in [4.78, 5) is 7.44. The van der Waals surface area contributed by atoms with E-state index in [2.05, 4.69) is 71.7 Å². The van der Waals surface area contributed by atoms with Gasteiger partial charge in [-0.3, -0.25) is 9.58 Å². The fourth-order valence-corrected chi connectivity index (χ4v) is 4.23. The summed E-state index contributed by atoms with van der Waals surface area (Å²) in [6.07, 6.45) is 2.48. The van der Waals surface area contributed by atoms with Crippen molar-refractivity contribution < 1.29 is 4.74 Å². The van der Waals surface area contributed by atoms with Crippen LogP contribution in [-0.4, -0.2) is 60.0 Å². The molecule has 1 saturated heterocycles. The van der Waals surface area contributed by atoms with Gasteiger partial charge in [0, 0.05) is 44.0 Å². The molecule has 0 saturated carbocycles. The number of likely N-dealkylation sites (tertiary alicyclic amines) is 1. The van der Waals surface area contributed by atoms with Crippen molar-refractivity contribution in [3.8, 4) is 0 Å². The molecule has 1 unspecified atom stereocenters. The summed E-state index contributed by atoms with van der Waals surface area (Å²) in [6, 6.07) is 11.3. The summed E-state index contributed by atoms with van der Waals surface area (Å²) in [6.45, 7) is 12.3. The zero-order valence-corrected chi connectivity index (χ0v) is 22.3. The highest BCUT2D eigenvalue weighted by Crippen LogP contribution is 2.19. The minimum atomic E-state index is 0. The fraction of sp³-hybridized carbons (Fsp3) is 0.583. The van der Waals surface area contributed by atoms with Crippen molar-refractivity contribution in [2.24, 2.45) is 4.99 Å². The second-order valence-corrected chi connectivity index (χ2v) is 8.19. The van der Waals surface area contributed by atoms with Crippen molar-refractivity contribution in [1.29, 1.82) is 0 Å². The van der Waals surface area contributed by atoms with Gasteiger partial charge < -0.3 is 15.4 Å². The molecule has 32 heavy (non-hydrogen) atoms. The Balaban J connectivity index is 0.00000363. The van der Waals surface area contributed by atoms with Gasteiger partial charge in [-0.15, -0.1) is 24.0 Å². The smallest absolute Gasteiger partial charge is 0.191 e. The lowest BCUT2D eigenvalue weighted by Gasteiger charge is -2.25. The van der Waals surface area contributed by atoms with E-state index < -0.39 is 0 Å². The van der Waals surface area contributed by atoms with Crippen molar-refractivity contribution in [3.05, 3.63) is 52.8 Å². The van der Waals surface area contributed by atoms with Gasteiger partial charge in [-0.05, 0) is 45.7 Å². The number of hydrogen-bond donors (Lipinski definition) is 2. The summed E-state index contributed by atoms with van der Waals surface area (Å²) < 4.78 is 7.21. The van der Waals surface area contributed by atoms with Crippen LogP contribution in [0, 0.1) is 13.8 Å². The van der Waals surface area contributed by atoms with E-state index in [1.165, 1.54) is 29.7 Å². The lowest BCUT2D eigenvalue weighted by atomic mass is 10.2. The van der Waals surface area contributed by atoms with Crippen LogP contribution >= 0.6 is 24.0 Å². The Bertz CT molecular complexity index is 839. The molecule has 1 fully saturated rings. The average Bonchev–Trinajstić information content (AvgIpc) is 3.32. The van der Waals surface area contributed by atoms with Gasteiger partial charge in [0.05, 0.1) is 25.4 Å². The number of benzene rings is 1. The Morgan fingerprint density at radius 2 is 2.00 bits per heavy atom. The topological polar surface area (TPSA) is 66.7 Å². The quantitative estimate of drug-likeness (QED) is 0.268. The van der Waals surface area contributed by atoms with E-state index >= 15 is 0 Å². The second kappa shape index (κ2) is 13.8. The maximum absolute atomic E-state index is 5.19.